The summed E-state index contributed by atoms with van der Waals surface area (Å²) in [7, 11) is 0. The van der Waals surface area contributed by atoms with Gasteiger partial charge < -0.3 is 4.57 Å². The maximum Gasteiger partial charge on any atom is 0.115 e. The van der Waals surface area contributed by atoms with Gasteiger partial charge in [-0.1, -0.05) is 11.6 Å². The molecule has 0 aliphatic heterocycles. The van der Waals surface area contributed by atoms with E-state index in [0.717, 1.165) is 15.5 Å². The molecule has 0 aliphatic rings. The first-order valence-corrected chi connectivity index (χ1v) is 5.90. The molecule has 2 nitrogen and oxygen atoms in total. The topological polar surface area (TPSA) is 17.8 Å². The van der Waals surface area contributed by atoms with Crippen molar-refractivity contribution in [2.24, 2.45) is 0 Å². The summed E-state index contributed by atoms with van der Waals surface area (Å²) in [5.41, 5.74) is 1.05. The number of hydrogen-bond acceptors (Lipinski definition) is 1. The van der Waals surface area contributed by atoms with Gasteiger partial charge in [0.05, 0.1) is 10.5 Å². The first-order valence-electron chi connectivity index (χ1n) is 4.73. The monoisotopic (exact) mass is 286 g/mol. The van der Waals surface area contributed by atoms with Crippen LogP contribution in [0.1, 0.15) is 20.8 Å². The summed E-state index contributed by atoms with van der Waals surface area (Å²) in [6, 6.07) is 2.03. The highest BCUT2D eigenvalue weighted by molar-refractivity contribution is 9.10. The molecule has 0 saturated carbocycles. The van der Waals surface area contributed by atoms with Crippen LogP contribution >= 0.6 is 27.5 Å². The fourth-order valence-electron chi connectivity index (χ4n) is 1.65. The zero-order chi connectivity index (χ0) is 11.2. The fraction of sp³-hybridized carbons (Fsp3) is 0.364. The molecule has 0 saturated heterocycles. The molecule has 0 N–H and O–H groups in total. The average Bonchev–Trinajstić information content (AvgIpc) is 2.55. The molecule has 0 fully saturated rings. The Morgan fingerprint density at radius 2 is 2.07 bits per heavy atom. The molecule has 80 valence electrons. The van der Waals surface area contributed by atoms with Crippen molar-refractivity contribution >= 4 is 38.4 Å². The number of fused-ring (bicyclic) bond motifs is 1. The second kappa shape index (κ2) is 3.49. The van der Waals surface area contributed by atoms with E-state index < -0.39 is 0 Å². The van der Waals surface area contributed by atoms with E-state index in [0.29, 0.717) is 5.02 Å². The van der Waals surface area contributed by atoms with Crippen LogP contribution in [0.15, 0.2) is 23.1 Å². The fourth-order valence-corrected chi connectivity index (χ4v) is 2.31. The number of aromatic nitrogens is 2. The van der Waals surface area contributed by atoms with Gasteiger partial charge in [-0.2, -0.15) is 0 Å². The summed E-state index contributed by atoms with van der Waals surface area (Å²) in [5.74, 6) is 0. The van der Waals surface area contributed by atoms with E-state index in [4.69, 9.17) is 11.6 Å². The predicted octanol–water partition coefficient (Wildman–Crippen LogP) is 4.21. The Balaban J connectivity index is 2.85. The minimum absolute atomic E-state index is 0.0200. The lowest BCUT2D eigenvalue weighted by molar-refractivity contribution is 0.411. The molecule has 0 unspecified atom stereocenters. The summed E-state index contributed by atoms with van der Waals surface area (Å²) in [6.07, 6.45) is 3.72. The van der Waals surface area contributed by atoms with Gasteiger partial charge in [-0.05, 0) is 42.8 Å². The van der Waals surface area contributed by atoms with Crippen molar-refractivity contribution in [3.8, 4) is 0 Å². The standard InChI is InChI=1S/C11H12BrClN2/c1-11(2,3)15-5-4-7-9(15)8(13)6-14-10(7)12/h4-6H,1-3H3. The largest absolute Gasteiger partial charge is 0.341 e. The third-order valence-corrected chi connectivity index (χ3v) is 3.26. The van der Waals surface area contributed by atoms with Crippen molar-refractivity contribution in [2.75, 3.05) is 0 Å². The van der Waals surface area contributed by atoms with Crippen molar-refractivity contribution in [3.63, 3.8) is 0 Å². The smallest absolute Gasteiger partial charge is 0.115 e. The number of rotatable bonds is 0. The van der Waals surface area contributed by atoms with E-state index in [2.05, 4.69) is 46.3 Å². The molecule has 0 amide bonds. The lowest BCUT2D eigenvalue weighted by Crippen LogP contribution is -2.20. The van der Waals surface area contributed by atoms with Gasteiger partial charge in [0, 0.05) is 23.3 Å². The maximum atomic E-state index is 6.18. The lowest BCUT2D eigenvalue weighted by atomic mass is 10.1. The zero-order valence-corrected chi connectivity index (χ0v) is 11.2. The van der Waals surface area contributed by atoms with Crippen molar-refractivity contribution < 1.29 is 0 Å². The van der Waals surface area contributed by atoms with Gasteiger partial charge in [0.15, 0.2) is 0 Å². The third-order valence-electron chi connectivity index (χ3n) is 2.35. The molecule has 4 heteroatoms. The number of nitrogens with zero attached hydrogens (tertiary/aromatic N) is 2. The normalized spacial score (nSPS) is 12.3. The van der Waals surface area contributed by atoms with E-state index in [-0.39, 0.29) is 5.54 Å². The SMILES string of the molecule is CC(C)(C)n1ccc2c(Br)ncc(Cl)c21. The molecular formula is C11H12BrClN2. The number of pyridine rings is 1. The van der Waals surface area contributed by atoms with Gasteiger partial charge in [0.2, 0.25) is 0 Å². The Morgan fingerprint density at radius 1 is 1.40 bits per heavy atom. The minimum atomic E-state index is 0.0200. The summed E-state index contributed by atoms with van der Waals surface area (Å²) in [5, 5.41) is 1.74. The van der Waals surface area contributed by atoms with Crippen LogP contribution in [0.5, 0.6) is 0 Å². The Labute approximate surface area is 102 Å². The van der Waals surface area contributed by atoms with Gasteiger partial charge in [0.25, 0.3) is 0 Å². The van der Waals surface area contributed by atoms with Crippen LogP contribution in [0.4, 0.5) is 0 Å². The highest BCUT2D eigenvalue weighted by Crippen LogP contribution is 2.32. The average molecular weight is 288 g/mol. The van der Waals surface area contributed by atoms with Crippen LogP contribution in [0, 0.1) is 0 Å². The Bertz CT molecular complexity index is 511. The van der Waals surface area contributed by atoms with Crippen LogP contribution in [0.25, 0.3) is 10.9 Å². The Kier molecular flexibility index (Phi) is 2.55. The third kappa shape index (κ3) is 1.79. The summed E-state index contributed by atoms with van der Waals surface area (Å²) >= 11 is 9.61. The first-order chi connectivity index (χ1) is 6.91. The summed E-state index contributed by atoms with van der Waals surface area (Å²) in [6.45, 7) is 6.45. The molecule has 0 bridgehead atoms. The molecule has 2 aromatic heterocycles. The van der Waals surface area contributed by atoms with Crippen molar-refractivity contribution in [3.05, 3.63) is 28.1 Å². The van der Waals surface area contributed by atoms with Gasteiger partial charge in [-0.3, -0.25) is 0 Å². The van der Waals surface area contributed by atoms with E-state index in [1.165, 1.54) is 0 Å². The molecule has 0 atom stereocenters. The van der Waals surface area contributed by atoms with Gasteiger partial charge in [-0.15, -0.1) is 0 Å². The van der Waals surface area contributed by atoms with E-state index in [1.807, 2.05) is 12.3 Å². The molecular weight excluding hydrogens is 275 g/mol. The van der Waals surface area contributed by atoms with Gasteiger partial charge in [0.1, 0.15) is 4.60 Å². The summed E-state index contributed by atoms with van der Waals surface area (Å²) < 4.78 is 3.00. The highest BCUT2D eigenvalue weighted by atomic mass is 79.9. The molecule has 0 aliphatic carbocycles. The lowest BCUT2D eigenvalue weighted by Gasteiger charge is -2.23. The van der Waals surface area contributed by atoms with Crippen LogP contribution in [0.3, 0.4) is 0 Å². The Hall–Kier alpha value is -0.540. The minimum Gasteiger partial charge on any atom is -0.341 e. The molecule has 0 radical (unpaired) electrons. The zero-order valence-electron chi connectivity index (χ0n) is 8.88. The quantitative estimate of drug-likeness (QED) is 0.664. The van der Waals surface area contributed by atoms with Gasteiger partial charge in [-0.25, -0.2) is 4.98 Å². The van der Waals surface area contributed by atoms with Crippen LogP contribution in [0.2, 0.25) is 5.02 Å². The van der Waals surface area contributed by atoms with E-state index in [9.17, 15) is 0 Å². The Morgan fingerprint density at radius 3 is 2.67 bits per heavy atom. The number of halogens is 2. The summed E-state index contributed by atoms with van der Waals surface area (Å²) in [4.78, 5) is 4.17. The second-order valence-electron chi connectivity index (χ2n) is 4.52. The molecule has 2 aromatic rings. The molecule has 0 spiro atoms. The van der Waals surface area contributed by atoms with Crippen LogP contribution < -0.4 is 0 Å². The van der Waals surface area contributed by atoms with Crippen LogP contribution in [-0.4, -0.2) is 9.55 Å². The van der Waals surface area contributed by atoms with E-state index in [1.54, 1.807) is 6.20 Å². The first kappa shape index (κ1) is 11.0. The number of hydrogen-bond donors (Lipinski definition) is 0. The van der Waals surface area contributed by atoms with Crippen molar-refractivity contribution in [1.29, 1.82) is 0 Å². The van der Waals surface area contributed by atoms with Crippen LogP contribution in [-0.2, 0) is 5.54 Å². The van der Waals surface area contributed by atoms with Crippen molar-refractivity contribution in [1.82, 2.24) is 9.55 Å². The van der Waals surface area contributed by atoms with E-state index >= 15 is 0 Å². The molecule has 2 rings (SSSR count). The van der Waals surface area contributed by atoms with Gasteiger partial charge >= 0.3 is 0 Å². The second-order valence-corrected chi connectivity index (χ2v) is 5.67. The predicted molar refractivity (Wildman–Crippen MR) is 67.4 cm³/mol. The molecule has 2 heterocycles. The molecule has 0 aromatic carbocycles. The molecule has 15 heavy (non-hydrogen) atoms. The maximum absolute atomic E-state index is 6.18. The van der Waals surface area contributed by atoms with Crippen molar-refractivity contribution in [2.45, 2.75) is 26.3 Å². The highest BCUT2D eigenvalue weighted by Gasteiger charge is 2.18.